The van der Waals surface area contributed by atoms with Crippen LogP contribution in [-0.2, 0) is 11.3 Å². The second kappa shape index (κ2) is 6.56. The summed E-state index contributed by atoms with van der Waals surface area (Å²) in [6.07, 6.45) is 0. The van der Waals surface area contributed by atoms with Crippen molar-refractivity contribution in [2.24, 2.45) is 0 Å². The molecule has 0 aliphatic carbocycles. The number of carbonyl (C=O) groups excluding carboxylic acids is 2. The van der Waals surface area contributed by atoms with Crippen molar-refractivity contribution in [3.05, 3.63) is 59.7 Å². The average Bonchev–Trinajstić information content (AvgIpc) is 2.48. The topological polar surface area (TPSA) is 78.4 Å². The van der Waals surface area contributed by atoms with Gasteiger partial charge in [-0.15, -0.1) is 0 Å². The molecule has 0 saturated heterocycles. The van der Waals surface area contributed by atoms with Crippen molar-refractivity contribution >= 4 is 17.5 Å². The van der Waals surface area contributed by atoms with Gasteiger partial charge < -0.3 is 15.7 Å². The molecule has 2 aromatic carbocycles. The molecule has 5 nitrogen and oxygen atoms in total. The van der Waals surface area contributed by atoms with Gasteiger partial charge in [0.15, 0.2) is 0 Å². The molecule has 0 spiro atoms. The molecular formula is C16H16N2O3. The van der Waals surface area contributed by atoms with E-state index in [1.807, 2.05) is 0 Å². The Morgan fingerprint density at radius 1 is 1.05 bits per heavy atom. The third kappa shape index (κ3) is 4.07. The van der Waals surface area contributed by atoms with Crippen LogP contribution in [0.1, 0.15) is 22.8 Å². The summed E-state index contributed by atoms with van der Waals surface area (Å²) in [5.74, 6) is -0.382. The van der Waals surface area contributed by atoms with E-state index in [1.165, 1.54) is 13.0 Å². The molecule has 2 amide bonds. The van der Waals surface area contributed by atoms with E-state index < -0.39 is 0 Å². The summed E-state index contributed by atoms with van der Waals surface area (Å²) in [7, 11) is 0. The predicted molar refractivity (Wildman–Crippen MR) is 80.0 cm³/mol. The minimum absolute atomic E-state index is 0.0214. The third-order valence-corrected chi connectivity index (χ3v) is 2.91. The number of rotatable bonds is 4. The van der Waals surface area contributed by atoms with Crippen molar-refractivity contribution in [3.63, 3.8) is 0 Å². The van der Waals surface area contributed by atoms with Gasteiger partial charge >= 0.3 is 0 Å². The summed E-state index contributed by atoms with van der Waals surface area (Å²) in [5.41, 5.74) is 1.75. The summed E-state index contributed by atoms with van der Waals surface area (Å²) >= 11 is 0. The van der Waals surface area contributed by atoms with E-state index in [-0.39, 0.29) is 17.6 Å². The Morgan fingerprint density at radius 3 is 2.33 bits per heavy atom. The molecule has 108 valence electrons. The van der Waals surface area contributed by atoms with Gasteiger partial charge in [-0.1, -0.05) is 24.3 Å². The van der Waals surface area contributed by atoms with E-state index in [4.69, 9.17) is 0 Å². The normalized spacial score (nSPS) is 9.95. The molecule has 0 unspecified atom stereocenters. The van der Waals surface area contributed by atoms with Crippen molar-refractivity contribution in [2.45, 2.75) is 13.5 Å². The maximum absolute atomic E-state index is 12.1. The number of anilines is 1. The average molecular weight is 284 g/mol. The van der Waals surface area contributed by atoms with Gasteiger partial charge in [0, 0.05) is 19.0 Å². The summed E-state index contributed by atoms with van der Waals surface area (Å²) < 4.78 is 0. The zero-order valence-electron chi connectivity index (χ0n) is 11.6. The van der Waals surface area contributed by atoms with Crippen LogP contribution in [0.15, 0.2) is 48.5 Å². The molecule has 0 atom stereocenters. The minimum atomic E-state index is -0.303. The molecule has 21 heavy (non-hydrogen) atoms. The monoisotopic (exact) mass is 284 g/mol. The van der Waals surface area contributed by atoms with E-state index in [1.54, 1.807) is 42.5 Å². The van der Waals surface area contributed by atoms with Crippen molar-refractivity contribution in [3.8, 4) is 5.75 Å². The van der Waals surface area contributed by atoms with Crippen molar-refractivity contribution in [2.75, 3.05) is 5.32 Å². The quantitative estimate of drug-likeness (QED) is 0.754. The molecule has 5 heteroatoms. The predicted octanol–water partition coefficient (Wildman–Crippen LogP) is 2.28. The summed E-state index contributed by atoms with van der Waals surface area (Å²) in [4.78, 5) is 22.9. The Morgan fingerprint density at radius 2 is 1.71 bits per heavy atom. The molecule has 0 radical (unpaired) electrons. The van der Waals surface area contributed by atoms with Crippen LogP contribution < -0.4 is 10.6 Å². The van der Waals surface area contributed by atoms with Gasteiger partial charge in [-0.3, -0.25) is 9.59 Å². The number of hydrogen-bond donors (Lipinski definition) is 3. The van der Waals surface area contributed by atoms with Gasteiger partial charge in [0.2, 0.25) is 5.91 Å². The fraction of sp³-hybridized carbons (Fsp3) is 0.125. The summed E-state index contributed by atoms with van der Waals surface area (Å²) in [6, 6.07) is 13.4. The number of hydrogen-bond acceptors (Lipinski definition) is 3. The van der Waals surface area contributed by atoms with E-state index in [9.17, 15) is 14.7 Å². The minimum Gasteiger partial charge on any atom is -0.506 e. The number of nitrogens with one attached hydrogen (secondary N) is 2. The lowest BCUT2D eigenvalue weighted by molar-refractivity contribution is -0.119. The van der Waals surface area contributed by atoms with Gasteiger partial charge in [0.1, 0.15) is 5.75 Å². The molecule has 2 aromatic rings. The van der Waals surface area contributed by atoms with Gasteiger partial charge in [-0.05, 0) is 29.8 Å². The maximum atomic E-state index is 12.1. The molecular weight excluding hydrogens is 268 g/mol. The Balaban J connectivity index is 2.03. The SMILES string of the molecule is CC(=O)NCc1ccc(C(=O)Nc2ccccc2O)cc1. The van der Waals surface area contributed by atoms with Crippen molar-refractivity contribution in [1.29, 1.82) is 0 Å². The van der Waals surface area contributed by atoms with Gasteiger partial charge in [-0.25, -0.2) is 0 Å². The van der Waals surface area contributed by atoms with Crippen LogP contribution in [0.3, 0.4) is 0 Å². The highest BCUT2D eigenvalue weighted by atomic mass is 16.3. The number of benzene rings is 2. The first-order chi connectivity index (χ1) is 10.1. The van der Waals surface area contributed by atoms with Gasteiger partial charge in [0.05, 0.1) is 5.69 Å². The molecule has 0 aliphatic heterocycles. The first-order valence-corrected chi connectivity index (χ1v) is 6.49. The second-order valence-electron chi connectivity index (χ2n) is 4.58. The van der Waals surface area contributed by atoms with E-state index in [0.717, 1.165) is 5.56 Å². The van der Waals surface area contributed by atoms with Crippen LogP contribution in [-0.4, -0.2) is 16.9 Å². The summed E-state index contributed by atoms with van der Waals surface area (Å²) in [5, 5.41) is 14.9. The van der Waals surface area contributed by atoms with Crippen LogP contribution in [0, 0.1) is 0 Å². The number of phenols is 1. The van der Waals surface area contributed by atoms with Crippen LogP contribution in [0.4, 0.5) is 5.69 Å². The molecule has 2 rings (SSSR count). The van der Waals surface area contributed by atoms with E-state index in [0.29, 0.717) is 17.8 Å². The molecule has 0 fully saturated rings. The largest absolute Gasteiger partial charge is 0.506 e. The van der Waals surface area contributed by atoms with E-state index in [2.05, 4.69) is 10.6 Å². The lowest BCUT2D eigenvalue weighted by atomic mass is 10.1. The first kappa shape index (κ1) is 14.6. The Kier molecular flexibility index (Phi) is 4.56. The molecule has 0 saturated carbocycles. The summed E-state index contributed by atoms with van der Waals surface area (Å²) in [6.45, 7) is 1.88. The van der Waals surface area contributed by atoms with Crippen LogP contribution in [0.25, 0.3) is 0 Å². The second-order valence-corrected chi connectivity index (χ2v) is 4.58. The van der Waals surface area contributed by atoms with Crippen LogP contribution in [0.2, 0.25) is 0 Å². The lowest BCUT2D eigenvalue weighted by Crippen LogP contribution is -2.19. The number of phenolic OH excluding ortho intramolecular Hbond substituents is 1. The van der Waals surface area contributed by atoms with Gasteiger partial charge in [-0.2, -0.15) is 0 Å². The third-order valence-electron chi connectivity index (χ3n) is 2.91. The Hall–Kier alpha value is -2.82. The van der Waals surface area contributed by atoms with Crippen molar-refractivity contribution in [1.82, 2.24) is 5.32 Å². The highest BCUT2D eigenvalue weighted by Gasteiger charge is 2.08. The standard InChI is InChI=1S/C16H16N2O3/c1-11(19)17-10-12-6-8-13(9-7-12)16(21)18-14-4-2-3-5-15(14)20/h2-9,20H,10H2,1H3,(H,17,19)(H,18,21). The zero-order chi connectivity index (χ0) is 15.2. The first-order valence-electron chi connectivity index (χ1n) is 6.49. The number of aromatic hydroxyl groups is 1. The molecule has 0 heterocycles. The highest BCUT2D eigenvalue weighted by Crippen LogP contribution is 2.22. The molecule has 0 aliphatic rings. The van der Waals surface area contributed by atoms with E-state index >= 15 is 0 Å². The molecule has 0 bridgehead atoms. The number of carbonyl (C=O) groups is 2. The van der Waals surface area contributed by atoms with Crippen LogP contribution >= 0.6 is 0 Å². The molecule has 0 aromatic heterocycles. The number of para-hydroxylation sites is 2. The number of amides is 2. The fourth-order valence-corrected chi connectivity index (χ4v) is 1.77. The van der Waals surface area contributed by atoms with Crippen LogP contribution in [0.5, 0.6) is 5.75 Å². The molecule has 3 N–H and O–H groups in total. The fourth-order valence-electron chi connectivity index (χ4n) is 1.77. The van der Waals surface area contributed by atoms with Gasteiger partial charge in [0.25, 0.3) is 5.91 Å². The maximum Gasteiger partial charge on any atom is 0.255 e. The Bertz CT molecular complexity index is 651. The highest BCUT2D eigenvalue weighted by molar-refractivity contribution is 6.04. The Labute approximate surface area is 122 Å². The van der Waals surface area contributed by atoms with Crippen molar-refractivity contribution < 1.29 is 14.7 Å². The zero-order valence-corrected chi connectivity index (χ0v) is 11.6. The smallest absolute Gasteiger partial charge is 0.255 e. The lowest BCUT2D eigenvalue weighted by Gasteiger charge is -2.08.